The Morgan fingerprint density at radius 3 is 2.22 bits per heavy atom. The van der Waals surface area contributed by atoms with Crippen LogP contribution in [-0.2, 0) is 24.7 Å². The molecule has 1 aromatic heterocycles. The molecule has 4 aromatic rings. The molecule has 4 rings (SSSR count). The number of hydrogen-bond acceptors (Lipinski definition) is 2. The molecule has 2 N–H and O–H groups in total. The van der Waals surface area contributed by atoms with Gasteiger partial charge in [-0.25, -0.2) is 4.79 Å². The first kappa shape index (κ1) is 25.0. The molecule has 36 heavy (non-hydrogen) atoms. The van der Waals surface area contributed by atoms with Crippen LogP contribution in [0.15, 0.2) is 103 Å². The minimum Gasteiger partial charge on any atom is -0.334 e. The first-order valence-electron chi connectivity index (χ1n) is 11.5. The third kappa shape index (κ3) is 5.74. The Morgan fingerprint density at radius 1 is 0.833 bits per heavy atom. The highest BCUT2D eigenvalue weighted by Gasteiger charge is 2.40. The standard InChI is InChI=1S/C29H26F3N3O/c1-21-10-5-6-13-23(21)20-34-27(36)35-28(26-16-7-8-17-33-26,19-22-11-3-2-4-12-22)24-14-9-15-25(18-24)29(30,31)32/h2-18H,19-20H2,1H3,(H2,34,35,36). The fourth-order valence-electron chi connectivity index (χ4n) is 4.22. The summed E-state index contributed by atoms with van der Waals surface area (Å²) in [5.41, 5.74) is 1.36. The van der Waals surface area contributed by atoms with Crippen LogP contribution in [0.2, 0.25) is 0 Å². The molecule has 0 radical (unpaired) electrons. The van der Waals surface area contributed by atoms with Crippen molar-refractivity contribution < 1.29 is 18.0 Å². The van der Waals surface area contributed by atoms with Gasteiger partial charge >= 0.3 is 12.2 Å². The molecule has 0 bridgehead atoms. The summed E-state index contributed by atoms with van der Waals surface area (Å²) in [5.74, 6) is 0. The molecular formula is C29H26F3N3O. The van der Waals surface area contributed by atoms with E-state index in [0.29, 0.717) is 5.69 Å². The number of rotatable bonds is 7. The summed E-state index contributed by atoms with van der Waals surface area (Å²) in [6, 6.07) is 26.7. The summed E-state index contributed by atoms with van der Waals surface area (Å²) in [6.07, 6.45) is -2.77. The molecule has 4 nitrogen and oxygen atoms in total. The molecule has 7 heteroatoms. The highest BCUT2D eigenvalue weighted by Crippen LogP contribution is 2.36. The Bertz CT molecular complexity index is 1310. The first-order chi connectivity index (χ1) is 17.3. The van der Waals surface area contributed by atoms with Crippen LogP contribution in [0.4, 0.5) is 18.0 Å². The van der Waals surface area contributed by atoms with Gasteiger partial charge in [0.15, 0.2) is 0 Å². The van der Waals surface area contributed by atoms with E-state index in [1.165, 1.54) is 6.07 Å². The lowest BCUT2D eigenvalue weighted by Gasteiger charge is -2.35. The van der Waals surface area contributed by atoms with Crippen LogP contribution in [0.25, 0.3) is 0 Å². The van der Waals surface area contributed by atoms with Crippen molar-refractivity contribution in [2.75, 3.05) is 0 Å². The van der Waals surface area contributed by atoms with E-state index in [9.17, 15) is 18.0 Å². The third-order valence-corrected chi connectivity index (χ3v) is 6.12. The van der Waals surface area contributed by atoms with Gasteiger partial charge in [0.2, 0.25) is 0 Å². The van der Waals surface area contributed by atoms with Crippen molar-refractivity contribution in [2.45, 2.75) is 31.6 Å². The van der Waals surface area contributed by atoms with E-state index in [4.69, 9.17) is 0 Å². The number of hydrogen-bond donors (Lipinski definition) is 2. The Labute approximate surface area is 208 Å². The molecule has 0 saturated carbocycles. The van der Waals surface area contributed by atoms with Gasteiger partial charge in [0.05, 0.1) is 11.3 Å². The molecule has 1 unspecified atom stereocenters. The van der Waals surface area contributed by atoms with Crippen LogP contribution in [0, 0.1) is 6.92 Å². The number of benzene rings is 3. The smallest absolute Gasteiger partial charge is 0.334 e. The fourth-order valence-corrected chi connectivity index (χ4v) is 4.22. The number of carbonyl (C=O) groups excluding carboxylic acids is 1. The van der Waals surface area contributed by atoms with Crippen LogP contribution in [0.5, 0.6) is 0 Å². The van der Waals surface area contributed by atoms with Crippen molar-refractivity contribution in [1.82, 2.24) is 15.6 Å². The minimum absolute atomic E-state index is 0.198. The number of aromatic nitrogens is 1. The van der Waals surface area contributed by atoms with Crippen molar-refractivity contribution in [2.24, 2.45) is 0 Å². The third-order valence-electron chi connectivity index (χ3n) is 6.12. The Hall–Kier alpha value is -4.13. The maximum absolute atomic E-state index is 13.7. The molecule has 0 fully saturated rings. The Morgan fingerprint density at radius 2 is 1.53 bits per heavy atom. The van der Waals surface area contributed by atoms with E-state index in [2.05, 4.69) is 15.6 Å². The second-order valence-corrected chi connectivity index (χ2v) is 8.60. The van der Waals surface area contributed by atoms with Crippen LogP contribution in [-0.4, -0.2) is 11.0 Å². The lowest BCUT2D eigenvalue weighted by molar-refractivity contribution is -0.137. The average molecular weight is 490 g/mol. The average Bonchev–Trinajstić information content (AvgIpc) is 2.88. The number of urea groups is 1. The largest absolute Gasteiger partial charge is 0.416 e. The van der Waals surface area contributed by atoms with E-state index in [1.54, 1.807) is 30.5 Å². The number of halogens is 3. The number of nitrogens with zero attached hydrogens (tertiary/aromatic N) is 1. The number of pyridine rings is 1. The normalized spacial score (nSPS) is 13.0. The Kier molecular flexibility index (Phi) is 7.38. The number of alkyl halides is 3. The van der Waals surface area contributed by atoms with Crippen molar-refractivity contribution in [3.63, 3.8) is 0 Å². The fraction of sp³-hybridized carbons (Fsp3) is 0.172. The van der Waals surface area contributed by atoms with Gasteiger partial charge in [-0.3, -0.25) is 4.98 Å². The zero-order valence-electron chi connectivity index (χ0n) is 19.7. The number of nitrogens with one attached hydrogen (secondary N) is 2. The summed E-state index contributed by atoms with van der Waals surface area (Å²) in [5, 5.41) is 5.87. The van der Waals surface area contributed by atoms with Crippen molar-refractivity contribution in [3.05, 3.63) is 137 Å². The van der Waals surface area contributed by atoms with Gasteiger partial charge in [0.1, 0.15) is 5.54 Å². The molecule has 1 heterocycles. The van der Waals surface area contributed by atoms with Gasteiger partial charge < -0.3 is 10.6 Å². The predicted octanol–water partition coefficient (Wildman–Crippen LogP) is 6.39. The van der Waals surface area contributed by atoms with E-state index >= 15 is 0 Å². The monoisotopic (exact) mass is 489 g/mol. The maximum Gasteiger partial charge on any atom is 0.416 e. The lowest BCUT2D eigenvalue weighted by Crippen LogP contribution is -2.52. The molecule has 0 spiro atoms. The molecule has 0 aliphatic rings. The molecule has 0 aliphatic heterocycles. The van der Waals surface area contributed by atoms with E-state index < -0.39 is 23.3 Å². The molecule has 0 aliphatic carbocycles. The van der Waals surface area contributed by atoms with Crippen LogP contribution in [0.1, 0.15) is 33.5 Å². The summed E-state index contributed by atoms with van der Waals surface area (Å²) in [7, 11) is 0. The maximum atomic E-state index is 13.7. The Balaban J connectivity index is 1.79. The van der Waals surface area contributed by atoms with Crippen molar-refractivity contribution in [3.8, 4) is 0 Å². The van der Waals surface area contributed by atoms with Crippen LogP contribution < -0.4 is 10.6 Å². The predicted molar refractivity (Wildman–Crippen MR) is 133 cm³/mol. The van der Waals surface area contributed by atoms with Gasteiger partial charge in [-0.05, 0) is 53.4 Å². The second kappa shape index (κ2) is 10.6. The minimum atomic E-state index is -4.54. The van der Waals surface area contributed by atoms with E-state index in [-0.39, 0.29) is 18.5 Å². The molecule has 2 amide bonds. The molecule has 0 saturated heterocycles. The second-order valence-electron chi connectivity index (χ2n) is 8.60. The zero-order valence-corrected chi connectivity index (χ0v) is 19.7. The van der Waals surface area contributed by atoms with Crippen molar-refractivity contribution >= 4 is 6.03 Å². The quantitative estimate of drug-likeness (QED) is 0.316. The summed E-state index contributed by atoms with van der Waals surface area (Å²) in [4.78, 5) is 17.8. The van der Waals surface area contributed by atoms with Gasteiger partial charge in [-0.2, -0.15) is 13.2 Å². The summed E-state index contributed by atoms with van der Waals surface area (Å²) < 4.78 is 41.0. The van der Waals surface area contributed by atoms with Gasteiger partial charge in [-0.15, -0.1) is 0 Å². The SMILES string of the molecule is Cc1ccccc1CNC(=O)NC(Cc1ccccc1)(c1cccc(C(F)(F)F)c1)c1ccccn1. The topological polar surface area (TPSA) is 54.0 Å². The number of aryl methyl sites for hydroxylation is 1. The van der Waals surface area contributed by atoms with E-state index in [0.717, 1.165) is 28.8 Å². The highest BCUT2D eigenvalue weighted by atomic mass is 19.4. The van der Waals surface area contributed by atoms with Gasteiger partial charge in [-0.1, -0.05) is 72.8 Å². The highest BCUT2D eigenvalue weighted by molar-refractivity contribution is 5.76. The van der Waals surface area contributed by atoms with Crippen molar-refractivity contribution in [1.29, 1.82) is 0 Å². The van der Waals surface area contributed by atoms with Crippen LogP contribution >= 0.6 is 0 Å². The van der Waals surface area contributed by atoms with Gasteiger partial charge in [0, 0.05) is 19.2 Å². The number of amides is 2. The first-order valence-corrected chi connectivity index (χ1v) is 11.5. The number of carbonyl (C=O) groups is 1. The van der Waals surface area contributed by atoms with E-state index in [1.807, 2.05) is 61.5 Å². The molecule has 1 atom stereocenters. The molecular weight excluding hydrogens is 463 g/mol. The van der Waals surface area contributed by atoms with Crippen LogP contribution in [0.3, 0.4) is 0 Å². The lowest BCUT2D eigenvalue weighted by atomic mass is 9.80. The summed E-state index contributed by atoms with van der Waals surface area (Å²) in [6.45, 7) is 2.22. The molecule has 184 valence electrons. The zero-order chi connectivity index (χ0) is 25.6. The van der Waals surface area contributed by atoms with Gasteiger partial charge in [0.25, 0.3) is 0 Å². The summed E-state index contributed by atoms with van der Waals surface area (Å²) >= 11 is 0. The molecule has 3 aromatic carbocycles.